The Kier molecular flexibility index (Phi) is 10.5. The maximum Gasteiger partial charge on any atom is 0.301 e. The first-order valence-electron chi connectivity index (χ1n) is 15.4. The van der Waals surface area contributed by atoms with E-state index in [9.17, 15) is 19.1 Å². The fraction of sp³-hybridized carbons (Fsp3) is 0.189. The summed E-state index contributed by atoms with van der Waals surface area (Å²) in [6, 6.07) is 28.8. The molecule has 1 amide bonds. The molecule has 2 heterocycles. The van der Waals surface area contributed by atoms with E-state index in [0.29, 0.717) is 45.9 Å². The van der Waals surface area contributed by atoms with Gasteiger partial charge >= 0.3 is 5.91 Å². The number of anilines is 1. The predicted octanol–water partition coefficient (Wildman–Crippen LogP) is 8.35. The molecule has 0 spiro atoms. The first kappa shape index (κ1) is 32.9. The minimum Gasteiger partial charge on any atom is -0.507 e. The molecule has 1 fully saturated rings. The van der Waals surface area contributed by atoms with E-state index in [0.717, 1.165) is 35.3 Å². The Balaban J connectivity index is 1.31. The van der Waals surface area contributed by atoms with Gasteiger partial charge in [0.2, 0.25) is 5.13 Å². The van der Waals surface area contributed by atoms with Crippen molar-refractivity contribution in [3.8, 4) is 11.5 Å². The quantitative estimate of drug-likeness (QED) is 0.0331. The van der Waals surface area contributed by atoms with E-state index in [1.165, 1.54) is 28.8 Å². The number of nitrogens with zero attached hydrogens (tertiary/aromatic N) is 3. The second kappa shape index (κ2) is 15.3. The van der Waals surface area contributed by atoms with Crippen LogP contribution in [0.2, 0.25) is 0 Å². The molecule has 8 nitrogen and oxygen atoms in total. The Hall–Kier alpha value is -5.00. The Morgan fingerprint density at radius 1 is 0.875 bits per heavy atom. The fourth-order valence-corrected chi connectivity index (χ4v) is 6.94. The highest BCUT2D eigenvalue weighted by Crippen LogP contribution is 2.44. The van der Waals surface area contributed by atoms with Gasteiger partial charge in [0, 0.05) is 11.3 Å². The van der Waals surface area contributed by atoms with Crippen LogP contribution in [0.5, 0.6) is 11.5 Å². The van der Waals surface area contributed by atoms with Crippen molar-refractivity contribution in [3.63, 3.8) is 0 Å². The third kappa shape index (κ3) is 7.58. The standard InChI is InChI=1S/C37H32FN3O5S2/c1-2-3-21-45-29-19-13-27(14-20-29)33(42)31-32(26-11-17-30(18-12-26)46-22-24-7-5-4-6-8-24)41(35(44)34(31)43)36-39-40-37(48-36)47-23-25-9-15-28(38)16-10-25/h4-20,32,42H,2-3,21-23H2,1H3. The third-order valence-electron chi connectivity index (χ3n) is 7.66. The number of ether oxygens (including phenoxy) is 2. The zero-order valence-electron chi connectivity index (χ0n) is 26.0. The molecule has 6 rings (SSSR count). The van der Waals surface area contributed by atoms with Gasteiger partial charge in [-0.05, 0) is 71.6 Å². The number of aliphatic hydroxyl groups is 1. The van der Waals surface area contributed by atoms with Crippen molar-refractivity contribution in [3.05, 3.63) is 137 Å². The van der Waals surface area contributed by atoms with Crippen molar-refractivity contribution in [2.75, 3.05) is 11.5 Å². The van der Waals surface area contributed by atoms with Crippen LogP contribution in [0.25, 0.3) is 5.76 Å². The smallest absolute Gasteiger partial charge is 0.301 e. The van der Waals surface area contributed by atoms with E-state index >= 15 is 0 Å². The summed E-state index contributed by atoms with van der Waals surface area (Å²) in [6.45, 7) is 3.03. The van der Waals surface area contributed by atoms with Gasteiger partial charge in [0.15, 0.2) is 4.34 Å². The summed E-state index contributed by atoms with van der Waals surface area (Å²) in [5.74, 6) is -0.515. The number of amides is 1. The van der Waals surface area contributed by atoms with Gasteiger partial charge in [-0.1, -0.05) is 91.0 Å². The van der Waals surface area contributed by atoms with Gasteiger partial charge in [-0.15, -0.1) is 10.2 Å². The number of rotatable bonds is 13. The van der Waals surface area contributed by atoms with Gasteiger partial charge in [-0.3, -0.25) is 14.5 Å². The molecule has 11 heteroatoms. The number of ketones is 1. The molecular weight excluding hydrogens is 650 g/mol. The lowest BCUT2D eigenvalue weighted by Gasteiger charge is -2.22. The van der Waals surface area contributed by atoms with Crippen LogP contribution in [0.15, 0.2) is 113 Å². The molecule has 1 aromatic heterocycles. The van der Waals surface area contributed by atoms with Crippen LogP contribution in [-0.2, 0) is 21.9 Å². The molecular formula is C37H32FN3O5S2. The van der Waals surface area contributed by atoms with Crippen LogP contribution >= 0.6 is 23.1 Å². The van der Waals surface area contributed by atoms with Gasteiger partial charge in [0.05, 0.1) is 18.2 Å². The number of Topliss-reactive ketones (excluding diaryl/α,β-unsaturated/α-hetero) is 1. The number of benzene rings is 4. The number of hydrogen-bond donors (Lipinski definition) is 1. The Labute approximate surface area is 285 Å². The van der Waals surface area contributed by atoms with Gasteiger partial charge in [0.1, 0.15) is 29.7 Å². The topological polar surface area (TPSA) is 102 Å². The first-order valence-corrected chi connectivity index (χ1v) is 17.2. The highest BCUT2D eigenvalue weighted by atomic mass is 32.2. The average molecular weight is 682 g/mol. The third-order valence-corrected chi connectivity index (χ3v) is 9.79. The van der Waals surface area contributed by atoms with Crippen LogP contribution in [0, 0.1) is 5.82 Å². The molecule has 0 aliphatic carbocycles. The van der Waals surface area contributed by atoms with Crippen molar-refractivity contribution in [1.29, 1.82) is 0 Å². The Bertz CT molecular complexity index is 1900. The molecule has 48 heavy (non-hydrogen) atoms. The number of aliphatic hydroxyl groups excluding tert-OH is 1. The lowest BCUT2D eigenvalue weighted by Crippen LogP contribution is -2.29. The molecule has 1 N–H and O–H groups in total. The Morgan fingerprint density at radius 2 is 1.56 bits per heavy atom. The summed E-state index contributed by atoms with van der Waals surface area (Å²) >= 11 is 2.55. The number of unbranched alkanes of at least 4 members (excludes halogenated alkanes) is 1. The van der Waals surface area contributed by atoms with Crippen LogP contribution < -0.4 is 14.4 Å². The van der Waals surface area contributed by atoms with Crippen molar-refractivity contribution in [2.24, 2.45) is 0 Å². The van der Waals surface area contributed by atoms with Crippen LogP contribution in [0.1, 0.15) is 48.1 Å². The van der Waals surface area contributed by atoms with E-state index in [1.807, 2.05) is 30.3 Å². The highest BCUT2D eigenvalue weighted by molar-refractivity contribution is 8.00. The summed E-state index contributed by atoms with van der Waals surface area (Å²) in [6.07, 6.45) is 1.92. The minimum absolute atomic E-state index is 0.0617. The molecule has 1 atom stereocenters. The monoisotopic (exact) mass is 681 g/mol. The van der Waals surface area contributed by atoms with Crippen molar-refractivity contribution in [1.82, 2.24) is 10.2 Å². The molecule has 1 unspecified atom stereocenters. The molecule has 244 valence electrons. The highest BCUT2D eigenvalue weighted by Gasteiger charge is 2.48. The predicted molar refractivity (Wildman–Crippen MR) is 185 cm³/mol. The first-order chi connectivity index (χ1) is 23.4. The van der Waals surface area contributed by atoms with Crippen LogP contribution in [0.4, 0.5) is 9.52 Å². The number of aromatic nitrogens is 2. The number of carbonyl (C=O) groups is 2. The summed E-state index contributed by atoms with van der Waals surface area (Å²) < 4.78 is 25.6. The molecule has 1 saturated heterocycles. The van der Waals surface area contributed by atoms with Crippen LogP contribution in [0.3, 0.4) is 0 Å². The second-order valence-electron chi connectivity index (χ2n) is 11.0. The molecule has 0 saturated carbocycles. The van der Waals surface area contributed by atoms with E-state index in [-0.39, 0.29) is 22.3 Å². The largest absolute Gasteiger partial charge is 0.507 e. The summed E-state index contributed by atoms with van der Waals surface area (Å²) in [4.78, 5) is 28.6. The number of hydrogen-bond acceptors (Lipinski definition) is 9. The maximum absolute atomic E-state index is 13.7. The maximum atomic E-state index is 13.7. The Morgan fingerprint density at radius 3 is 2.27 bits per heavy atom. The molecule has 1 aliphatic heterocycles. The molecule has 1 aliphatic rings. The average Bonchev–Trinajstić information content (AvgIpc) is 3.69. The van der Waals surface area contributed by atoms with Gasteiger partial charge in [0.25, 0.3) is 5.78 Å². The lowest BCUT2D eigenvalue weighted by atomic mass is 9.95. The minimum atomic E-state index is -0.975. The van der Waals surface area contributed by atoms with E-state index in [2.05, 4.69) is 17.1 Å². The lowest BCUT2D eigenvalue weighted by molar-refractivity contribution is -0.132. The number of carbonyl (C=O) groups excluding carboxylic acids is 2. The fourth-order valence-electron chi connectivity index (χ4n) is 5.12. The van der Waals surface area contributed by atoms with E-state index < -0.39 is 17.7 Å². The van der Waals surface area contributed by atoms with Gasteiger partial charge in [-0.2, -0.15) is 0 Å². The van der Waals surface area contributed by atoms with Crippen LogP contribution in [-0.4, -0.2) is 33.6 Å². The number of halogens is 1. The van der Waals surface area contributed by atoms with Gasteiger partial charge in [-0.25, -0.2) is 4.39 Å². The van der Waals surface area contributed by atoms with Crippen molar-refractivity contribution < 1.29 is 28.6 Å². The van der Waals surface area contributed by atoms with Crippen molar-refractivity contribution >= 4 is 45.7 Å². The summed E-state index contributed by atoms with van der Waals surface area (Å²) in [5.41, 5.74) is 2.80. The molecule has 0 radical (unpaired) electrons. The van der Waals surface area contributed by atoms with Gasteiger partial charge < -0.3 is 14.6 Å². The zero-order chi connectivity index (χ0) is 33.5. The normalized spacial score (nSPS) is 15.5. The zero-order valence-corrected chi connectivity index (χ0v) is 27.7. The molecule has 0 bridgehead atoms. The molecule has 5 aromatic rings. The summed E-state index contributed by atoms with van der Waals surface area (Å²) in [7, 11) is 0. The SMILES string of the molecule is CCCCOc1ccc(C(O)=C2C(=O)C(=O)N(c3nnc(SCc4ccc(F)cc4)s3)C2c2ccc(OCc3ccccc3)cc2)cc1. The van der Waals surface area contributed by atoms with Crippen molar-refractivity contribution in [2.45, 2.75) is 42.5 Å². The second-order valence-corrected chi connectivity index (χ2v) is 13.2. The molecule has 4 aromatic carbocycles. The van der Waals surface area contributed by atoms with E-state index in [1.54, 1.807) is 60.7 Å². The van der Waals surface area contributed by atoms with E-state index in [4.69, 9.17) is 9.47 Å². The number of thioether (sulfide) groups is 1. The summed E-state index contributed by atoms with van der Waals surface area (Å²) in [5, 5.41) is 20.3.